The fourth-order valence-electron chi connectivity index (χ4n) is 2.75. The van der Waals surface area contributed by atoms with Gasteiger partial charge in [-0.15, -0.1) is 24.0 Å². The Bertz CT molecular complexity index is 475. The summed E-state index contributed by atoms with van der Waals surface area (Å²) in [5.41, 5.74) is 2.71. The second kappa shape index (κ2) is 10.0. The van der Waals surface area contributed by atoms with Gasteiger partial charge in [0.05, 0.1) is 0 Å². The lowest BCUT2D eigenvalue weighted by Crippen LogP contribution is -2.43. The van der Waals surface area contributed by atoms with Crippen molar-refractivity contribution in [3.8, 4) is 0 Å². The number of hydrogen-bond acceptors (Lipinski definition) is 2. The molecular weight excluding hydrogens is 387 g/mol. The molecule has 1 aromatic rings. The highest BCUT2D eigenvalue weighted by Gasteiger charge is 2.21. The van der Waals surface area contributed by atoms with Gasteiger partial charge in [0.2, 0.25) is 0 Å². The number of anilines is 1. The van der Waals surface area contributed by atoms with Crippen molar-refractivity contribution in [1.29, 1.82) is 0 Å². The van der Waals surface area contributed by atoms with E-state index in [4.69, 9.17) is 0 Å². The van der Waals surface area contributed by atoms with E-state index >= 15 is 0 Å². The lowest BCUT2D eigenvalue weighted by molar-refractivity contribution is 0.332. The van der Waals surface area contributed by atoms with E-state index in [2.05, 4.69) is 58.3 Å². The molecule has 2 rings (SSSR count). The summed E-state index contributed by atoms with van der Waals surface area (Å²) in [7, 11) is 4.05. The Labute approximate surface area is 152 Å². The maximum Gasteiger partial charge on any atom is 0.198 e. The summed E-state index contributed by atoms with van der Waals surface area (Å²) in [6, 6.07) is 8.61. The first kappa shape index (κ1) is 19.2. The number of guanidine groups is 1. The molecule has 1 aromatic carbocycles. The predicted molar refractivity (Wildman–Crippen MR) is 107 cm³/mol. The molecule has 1 aliphatic heterocycles. The molecule has 0 bridgehead atoms. The number of hydrogen-bond donors (Lipinski definition) is 1. The summed E-state index contributed by atoms with van der Waals surface area (Å²) in [6.07, 6.45) is 3.63. The maximum absolute atomic E-state index is 4.44. The summed E-state index contributed by atoms with van der Waals surface area (Å²) in [5.74, 6) is 0.990. The van der Waals surface area contributed by atoms with Crippen molar-refractivity contribution < 1.29 is 0 Å². The predicted octanol–water partition coefficient (Wildman–Crippen LogP) is 2.97. The zero-order chi connectivity index (χ0) is 15.1. The number of nitrogens with one attached hydrogen (secondary N) is 1. The third-order valence-electron chi connectivity index (χ3n) is 4.02. The van der Waals surface area contributed by atoms with Crippen LogP contribution in [0.3, 0.4) is 0 Å². The lowest BCUT2D eigenvalue weighted by Gasteiger charge is -2.23. The molecule has 0 amide bonds. The number of benzene rings is 1. The van der Waals surface area contributed by atoms with E-state index in [1.807, 2.05) is 7.05 Å². The Balaban J connectivity index is 0.00000242. The Hall–Kier alpha value is -0.820. The van der Waals surface area contributed by atoms with Gasteiger partial charge in [-0.25, -0.2) is 0 Å². The minimum absolute atomic E-state index is 0. The molecule has 0 radical (unpaired) electrons. The van der Waals surface area contributed by atoms with Crippen LogP contribution in [0.15, 0.2) is 29.3 Å². The lowest BCUT2D eigenvalue weighted by atomic mass is 10.2. The first-order valence-electron chi connectivity index (χ1n) is 8.01. The summed E-state index contributed by atoms with van der Waals surface area (Å²) < 4.78 is 0. The molecule has 1 aliphatic rings. The fourth-order valence-corrected chi connectivity index (χ4v) is 2.75. The van der Waals surface area contributed by atoms with Crippen LogP contribution in [-0.4, -0.2) is 51.1 Å². The Morgan fingerprint density at radius 2 is 2.09 bits per heavy atom. The number of rotatable bonds is 6. The first-order chi connectivity index (χ1) is 10.3. The van der Waals surface area contributed by atoms with Gasteiger partial charge in [-0.05, 0) is 38.1 Å². The molecule has 0 unspecified atom stereocenters. The molecule has 4 nitrogen and oxygen atoms in total. The van der Waals surface area contributed by atoms with Crippen molar-refractivity contribution in [1.82, 2.24) is 10.2 Å². The highest BCUT2D eigenvalue weighted by atomic mass is 127. The van der Waals surface area contributed by atoms with Crippen LogP contribution in [0.5, 0.6) is 0 Å². The first-order valence-corrected chi connectivity index (χ1v) is 8.01. The van der Waals surface area contributed by atoms with E-state index in [-0.39, 0.29) is 24.0 Å². The minimum atomic E-state index is 0. The number of para-hydroxylation sites is 1. The highest BCUT2D eigenvalue weighted by Crippen LogP contribution is 2.27. The normalized spacial score (nSPS) is 14.0. The van der Waals surface area contributed by atoms with E-state index in [9.17, 15) is 0 Å². The van der Waals surface area contributed by atoms with Crippen LogP contribution in [0.2, 0.25) is 0 Å². The van der Waals surface area contributed by atoms with Crippen LogP contribution in [0.25, 0.3) is 0 Å². The Morgan fingerprint density at radius 1 is 1.32 bits per heavy atom. The highest BCUT2D eigenvalue weighted by molar-refractivity contribution is 14.0. The third-order valence-corrected chi connectivity index (χ3v) is 4.02. The van der Waals surface area contributed by atoms with Crippen LogP contribution in [-0.2, 0) is 6.42 Å². The zero-order valence-corrected chi connectivity index (χ0v) is 16.3. The van der Waals surface area contributed by atoms with E-state index in [1.165, 1.54) is 30.6 Å². The smallest absolute Gasteiger partial charge is 0.198 e. The largest absolute Gasteiger partial charge is 0.355 e. The molecule has 1 N–H and O–H groups in total. The van der Waals surface area contributed by atoms with Gasteiger partial charge < -0.3 is 15.1 Å². The van der Waals surface area contributed by atoms with Gasteiger partial charge in [0.15, 0.2) is 5.96 Å². The standard InChI is InChI=1S/C17H28N4.HI/c1-4-5-12-20(3)14-11-19-17(18-2)21-13-10-15-8-6-7-9-16(15)21;/h6-9H,4-5,10-14H2,1-3H3,(H,18,19);1H. The molecule has 0 spiro atoms. The number of halogens is 1. The van der Waals surface area contributed by atoms with Crippen molar-refractivity contribution >= 4 is 35.6 Å². The summed E-state index contributed by atoms with van der Waals surface area (Å²) in [4.78, 5) is 9.11. The van der Waals surface area contributed by atoms with Crippen LogP contribution in [0, 0.1) is 0 Å². The third kappa shape index (κ3) is 5.12. The quantitative estimate of drug-likeness (QED) is 0.440. The Kier molecular flexibility index (Phi) is 8.78. The van der Waals surface area contributed by atoms with E-state index in [0.717, 1.165) is 32.0 Å². The SMILES string of the molecule is CCCCN(C)CCNC(=NC)N1CCc2ccccc21.I. The number of aliphatic imine (C=N–C) groups is 1. The zero-order valence-electron chi connectivity index (χ0n) is 14.0. The summed E-state index contributed by atoms with van der Waals surface area (Å²) in [6.45, 7) is 6.41. The molecule has 0 saturated heterocycles. The van der Waals surface area contributed by atoms with E-state index in [0.29, 0.717) is 0 Å². The Morgan fingerprint density at radius 3 is 2.82 bits per heavy atom. The summed E-state index contributed by atoms with van der Waals surface area (Å²) >= 11 is 0. The van der Waals surface area contributed by atoms with Crippen LogP contribution in [0.4, 0.5) is 5.69 Å². The van der Waals surface area contributed by atoms with Gasteiger partial charge in [-0.3, -0.25) is 4.99 Å². The molecule has 0 fully saturated rings. The van der Waals surface area contributed by atoms with Gasteiger partial charge in [0.25, 0.3) is 0 Å². The van der Waals surface area contributed by atoms with Gasteiger partial charge in [0.1, 0.15) is 0 Å². The van der Waals surface area contributed by atoms with Crippen LogP contribution < -0.4 is 10.2 Å². The van der Waals surface area contributed by atoms with Crippen LogP contribution >= 0.6 is 24.0 Å². The number of unbranched alkanes of at least 4 members (excludes halogenated alkanes) is 1. The molecule has 0 aliphatic carbocycles. The van der Waals surface area contributed by atoms with Gasteiger partial charge in [-0.2, -0.15) is 0 Å². The average molecular weight is 416 g/mol. The van der Waals surface area contributed by atoms with E-state index in [1.54, 1.807) is 0 Å². The number of likely N-dealkylation sites (N-methyl/N-ethyl adjacent to an activating group) is 1. The van der Waals surface area contributed by atoms with Gasteiger partial charge in [-0.1, -0.05) is 31.5 Å². The van der Waals surface area contributed by atoms with Crippen molar-refractivity contribution in [3.63, 3.8) is 0 Å². The monoisotopic (exact) mass is 416 g/mol. The number of fused-ring (bicyclic) bond motifs is 1. The topological polar surface area (TPSA) is 30.9 Å². The maximum atomic E-state index is 4.44. The second-order valence-corrected chi connectivity index (χ2v) is 5.66. The molecule has 22 heavy (non-hydrogen) atoms. The number of nitrogens with zero attached hydrogens (tertiary/aromatic N) is 3. The molecular formula is C17H29IN4. The molecule has 5 heteroatoms. The minimum Gasteiger partial charge on any atom is -0.355 e. The second-order valence-electron chi connectivity index (χ2n) is 5.66. The van der Waals surface area contributed by atoms with Gasteiger partial charge in [0, 0.05) is 32.4 Å². The molecule has 1 heterocycles. The molecule has 0 saturated carbocycles. The van der Waals surface area contributed by atoms with E-state index < -0.39 is 0 Å². The fraction of sp³-hybridized carbons (Fsp3) is 0.588. The summed E-state index contributed by atoms with van der Waals surface area (Å²) in [5, 5.41) is 3.49. The molecule has 124 valence electrons. The molecule has 0 atom stereocenters. The van der Waals surface area contributed by atoms with Crippen molar-refractivity contribution in [2.45, 2.75) is 26.2 Å². The van der Waals surface area contributed by atoms with Crippen molar-refractivity contribution in [2.75, 3.05) is 45.2 Å². The average Bonchev–Trinajstić information content (AvgIpc) is 2.93. The van der Waals surface area contributed by atoms with Gasteiger partial charge >= 0.3 is 0 Å². The van der Waals surface area contributed by atoms with Crippen LogP contribution in [0.1, 0.15) is 25.3 Å². The van der Waals surface area contributed by atoms with Crippen molar-refractivity contribution in [3.05, 3.63) is 29.8 Å². The molecule has 0 aromatic heterocycles. The van der Waals surface area contributed by atoms with Crippen molar-refractivity contribution in [2.24, 2.45) is 4.99 Å².